The number of ether oxygens (including phenoxy) is 2. The monoisotopic (exact) mass is 679 g/mol. The molecule has 0 aliphatic heterocycles. The van der Waals surface area contributed by atoms with Crippen LogP contribution in [0.1, 0.15) is 32.8 Å². The van der Waals surface area contributed by atoms with Crippen molar-refractivity contribution in [2.24, 2.45) is 0 Å². The van der Waals surface area contributed by atoms with Gasteiger partial charge in [0.15, 0.2) is 11.5 Å². The maximum atomic E-state index is 14.1. The van der Waals surface area contributed by atoms with E-state index in [1.54, 1.807) is 19.1 Å². The molecular formula is C30H35BrClN3O6S. The minimum atomic E-state index is -4.30. The van der Waals surface area contributed by atoms with Crippen molar-refractivity contribution in [1.82, 2.24) is 10.2 Å². The van der Waals surface area contributed by atoms with Gasteiger partial charge in [0.25, 0.3) is 10.0 Å². The molecule has 0 saturated heterocycles. The molecule has 0 radical (unpaired) electrons. The Bertz CT molecular complexity index is 1500. The molecule has 0 spiro atoms. The first-order valence-electron chi connectivity index (χ1n) is 13.3. The molecule has 0 unspecified atom stereocenters. The summed E-state index contributed by atoms with van der Waals surface area (Å²) in [7, 11) is -1.45. The summed E-state index contributed by atoms with van der Waals surface area (Å²) in [5.41, 5.74) is 0.989. The second-order valence-electron chi connectivity index (χ2n) is 9.65. The highest BCUT2D eigenvalue weighted by molar-refractivity contribution is 9.10. The van der Waals surface area contributed by atoms with Crippen molar-refractivity contribution in [3.05, 3.63) is 81.8 Å². The van der Waals surface area contributed by atoms with Crippen LogP contribution in [0, 0.1) is 0 Å². The van der Waals surface area contributed by atoms with Gasteiger partial charge in [0, 0.05) is 28.1 Å². The Morgan fingerprint density at radius 1 is 0.976 bits per heavy atom. The second-order valence-corrected chi connectivity index (χ2v) is 12.9. The van der Waals surface area contributed by atoms with Gasteiger partial charge >= 0.3 is 0 Å². The Kier molecular flexibility index (Phi) is 11.7. The molecule has 9 nitrogen and oxygen atoms in total. The van der Waals surface area contributed by atoms with Gasteiger partial charge in [-0.3, -0.25) is 13.9 Å². The highest BCUT2D eigenvalue weighted by atomic mass is 79.9. The number of sulfonamides is 1. The van der Waals surface area contributed by atoms with Gasteiger partial charge in [-0.15, -0.1) is 0 Å². The highest BCUT2D eigenvalue weighted by Gasteiger charge is 2.33. The molecule has 0 aliphatic rings. The number of methoxy groups -OCH3 is 2. The number of hydrogen-bond acceptors (Lipinski definition) is 6. The number of halogens is 2. The standard InChI is InChI=1S/C30H35BrClN3O6S/c1-6-20(2)33-30(37)21(3)34(18-22-8-7-9-23(31)16-22)29(36)19-35(25-12-10-24(32)11-13-25)42(38,39)26-14-15-27(40-4)28(17-26)41-5/h7-17,20-21H,6,18-19H2,1-5H3,(H,33,37)/t20-,21-/m1/s1. The van der Waals surface area contributed by atoms with E-state index in [1.807, 2.05) is 38.1 Å². The van der Waals surface area contributed by atoms with Crippen LogP contribution in [-0.4, -0.2) is 58.0 Å². The Hall–Kier alpha value is -3.28. The third-order valence-corrected chi connectivity index (χ3v) is 9.26. The first-order chi connectivity index (χ1) is 19.9. The minimum absolute atomic E-state index is 0.0816. The van der Waals surface area contributed by atoms with Gasteiger partial charge in [-0.2, -0.15) is 0 Å². The van der Waals surface area contributed by atoms with E-state index in [-0.39, 0.29) is 34.8 Å². The molecular weight excluding hydrogens is 646 g/mol. The number of anilines is 1. The molecule has 1 N–H and O–H groups in total. The number of carbonyl (C=O) groups is 2. The van der Waals surface area contributed by atoms with Crippen molar-refractivity contribution < 1.29 is 27.5 Å². The summed E-state index contributed by atoms with van der Waals surface area (Å²) in [5.74, 6) is -0.339. The van der Waals surface area contributed by atoms with E-state index in [0.717, 1.165) is 14.3 Å². The summed E-state index contributed by atoms with van der Waals surface area (Å²) in [6.07, 6.45) is 0.714. The van der Waals surface area contributed by atoms with Crippen LogP contribution in [0.3, 0.4) is 0 Å². The van der Waals surface area contributed by atoms with Crippen LogP contribution in [0.4, 0.5) is 5.69 Å². The average Bonchev–Trinajstić information content (AvgIpc) is 2.98. The molecule has 0 fully saturated rings. The van der Waals surface area contributed by atoms with Gasteiger partial charge in [-0.05, 0) is 74.4 Å². The van der Waals surface area contributed by atoms with Crippen molar-refractivity contribution in [2.45, 2.75) is 50.7 Å². The fourth-order valence-corrected chi connectivity index (χ4v) is 6.12. The summed E-state index contributed by atoms with van der Waals surface area (Å²) in [6, 6.07) is 16.7. The molecule has 0 saturated carbocycles. The van der Waals surface area contributed by atoms with E-state index in [1.165, 1.54) is 49.5 Å². The largest absolute Gasteiger partial charge is 0.493 e. The fraction of sp³-hybridized carbons (Fsp3) is 0.333. The number of amides is 2. The first kappa shape index (κ1) is 33.2. The molecule has 2 atom stereocenters. The van der Waals surface area contributed by atoms with Crippen LogP contribution in [-0.2, 0) is 26.2 Å². The molecule has 3 aromatic rings. The van der Waals surface area contributed by atoms with Gasteiger partial charge in [0.2, 0.25) is 11.8 Å². The minimum Gasteiger partial charge on any atom is -0.493 e. The first-order valence-corrected chi connectivity index (χ1v) is 15.9. The van der Waals surface area contributed by atoms with Gasteiger partial charge in [0.1, 0.15) is 12.6 Å². The molecule has 0 heterocycles. The predicted molar refractivity (Wildman–Crippen MR) is 168 cm³/mol. The molecule has 2 amide bonds. The third kappa shape index (κ3) is 8.17. The van der Waals surface area contributed by atoms with Crippen LogP contribution < -0.4 is 19.1 Å². The van der Waals surface area contributed by atoms with Gasteiger partial charge in [-0.25, -0.2) is 8.42 Å². The SMILES string of the molecule is CC[C@@H](C)NC(=O)[C@@H](C)N(Cc1cccc(Br)c1)C(=O)CN(c1ccc(Cl)cc1)S(=O)(=O)c1ccc(OC)c(OC)c1. The molecule has 42 heavy (non-hydrogen) atoms. The zero-order chi connectivity index (χ0) is 31.0. The molecule has 0 bridgehead atoms. The van der Waals surface area contributed by atoms with Crippen LogP contribution in [0.25, 0.3) is 0 Å². The van der Waals surface area contributed by atoms with Crippen LogP contribution >= 0.6 is 27.5 Å². The number of nitrogens with zero attached hydrogens (tertiary/aromatic N) is 2. The van der Waals surface area contributed by atoms with Crippen LogP contribution in [0.5, 0.6) is 11.5 Å². The van der Waals surface area contributed by atoms with Gasteiger partial charge in [0.05, 0.1) is 24.8 Å². The van der Waals surface area contributed by atoms with E-state index in [0.29, 0.717) is 17.2 Å². The van der Waals surface area contributed by atoms with Crippen LogP contribution in [0.2, 0.25) is 5.02 Å². The summed E-state index contributed by atoms with van der Waals surface area (Å²) < 4.78 is 40.5. The third-order valence-electron chi connectivity index (χ3n) is 6.75. The van der Waals surface area contributed by atoms with Gasteiger partial charge in [-0.1, -0.05) is 46.6 Å². The number of carbonyl (C=O) groups excluding carboxylic acids is 2. The smallest absolute Gasteiger partial charge is 0.264 e. The van der Waals surface area contributed by atoms with Crippen molar-refractivity contribution in [1.29, 1.82) is 0 Å². The number of benzene rings is 3. The topological polar surface area (TPSA) is 105 Å². The highest BCUT2D eigenvalue weighted by Crippen LogP contribution is 2.32. The maximum absolute atomic E-state index is 14.1. The van der Waals surface area contributed by atoms with E-state index in [4.69, 9.17) is 21.1 Å². The number of hydrogen-bond donors (Lipinski definition) is 1. The summed E-state index contributed by atoms with van der Waals surface area (Å²) in [6.45, 7) is 4.96. The Morgan fingerprint density at radius 2 is 1.64 bits per heavy atom. The average molecular weight is 681 g/mol. The molecule has 12 heteroatoms. The lowest BCUT2D eigenvalue weighted by Crippen LogP contribution is -2.52. The van der Waals surface area contributed by atoms with E-state index >= 15 is 0 Å². The normalized spacial score (nSPS) is 12.6. The van der Waals surface area contributed by atoms with Crippen molar-refractivity contribution in [3.63, 3.8) is 0 Å². The van der Waals surface area contributed by atoms with Crippen molar-refractivity contribution in [2.75, 3.05) is 25.1 Å². The quantitative estimate of drug-likeness (QED) is 0.250. The molecule has 0 aromatic heterocycles. The summed E-state index contributed by atoms with van der Waals surface area (Å²) >= 11 is 9.54. The number of nitrogens with one attached hydrogen (secondary N) is 1. The molecule has 3 rings (SSSR count). The molecule has 3 aromatic carbocycles. The fourth-order valence-electron chi connectivity index (χ4n) is 4.12. The number of rotatable bonds is 13. The van der Waals surface area contributed by atoms with E-state index in [2.05, 4.69) is 21.2 Å². The molecule has 0 aliphatic carbocycles. The lowest BCUT2D eigenvalue weighted by Gasteiger charge is -2.32. The Balaban J connectivity index is 2.06. The Morgan fingerprint density at radius 3 is 2.24 bits per heavy atom. The zero-order valence-electron chi connectivity index (χ0n) is 24.1. The van der Waals surface area contributed by atoms with Gasteiger partial charge < -0.3 is 19.7 Å². The summed E-state index contributed by atoms with van der Waals surface area (Å²) in [4.78, 5) is 28.5. The van der Waals surface area contributed by atoms with E-state index < -0.39 is 28.5 Å². The second kappa shape index (κ2) is 14.8. The van der Waals surface area contributed by atoms with Crippen LogP contribution in [0.15, 0.2) is 76.1 Å². The Labute approximate surface area is 260 Å². The summed E-state index contributed by atoms with van der Waals surface area (Å²) in [5, 5.41) is 3.32. The lowest BCUT2D eigenvalue weighted by molar-refractivity contribution is -0.139. The lowest BCUT2D eigenvalue weighted by atomic mass is 10.1. The van der Waals surface area contributed by atoms with E-state index in [9.17, 15) is 18.0 Å². The predicted octanol–water partition coefficient (Wildman–Crippen LogP) is 5.65. The maximum Gasteiger partial charge on any atom is 0.264 e. The molecule has 226 valence electrons. The zero-order valence-corrected chi connectivity index (χ0v) is 27.3. The van der Waals surface area contributed by atoms with Crippen molar-refractivity contribution in [3.8, 4) is 11.5 Å². The van der Waals surface area contributed by atoms with Crippen molar-refractivity contribution >= 4 is 55.1 Å².